The average molecular weight is 495 g/mol. The molecule has 0 aromatic heterocycles. The topological polar surface area (TPSA) is 0 Å². The summed E-state index contributed by atoms with van der Waals surface area (Å²) in [6.45, 7) is 8.54. The van der Waals surface area contributed by atoms with Crippen LogP contribution in [0.5, 0.6) is 0 Å². The SMILES string of the molecule is C[Si]C.Cc1ccc2cc[cH-]c2c1.Cc1ccc2cc[cH-]c2c1.[Hf]. The molecule has 0 atom stereocenters. The maximum atomic E-state index is 2.20. The van der Waals surface area contributed by atoms with Crippen molar-refractivity contribution in [2.24, 2.45) is 0 Å². The molecule has 0 spiro atoms. The smallest absolute Gasteiger partial charge is 0.0307 e. The normalized spacial score (nSPS) is 9.50. The van der Waals surface area contributed by atoms with Gasteiger partial charge in [-0.1, -0.05) is 36.4 Å². The molecule has 0 aliphatic heterocycles. The molecule has 0 bridgehead atoms. The molecular weight excluding hydrogens is 471 g/mol. The molecule has 4 aromatic carbocycles. The van der Waals surface area contributed by atoms with Gasteiger partial charge in [0.1, 0.15) is 0 Å². The minimum Gasteiger partial charge on any atom is -0.168 e. The van der Waals surface area contributed by atoms with E-state index in [0.717, 1.165) is 9.52 Å². The van der Waals surface area contributed by atoms with Crippen LogP contribution >= 0.6 is 0 Å². The number of fused-ring (bicyclic) bond motifs is 2. The van der Waals surface area contributed by atoms with Crippen LogP contribution < -0.4 is 0 Å². The summed E-state index contributed by atoms with van der Waals surface area (Å²) < 4.78 is 0. The molecule has 0 saturated carbocycles. The zero-order chi connectivity index (χ0) is 16.7. The molecule has 0 nitrogen and oxygen atoms in total. The third-order valence-electron chi connectivity index (χ3n) is 3.59. The molecule has 122 valence electrons. The van der Waals surface area contributed by atoms with Gasteiger partial charge in [-0.2, -0.15) is 24.3 Å². The second-order valence-electron chi connectivity index (χ2n) is 5.82. The largest absolute Gasteiger partial charge is 0.168 e. The van der Waals surface area contributed by atoms with Crippen molar-refractivity contribution < 1.29 is 25.8 Å². The van der Waals surface area contributed by atoms with E-state index < -0.39 is 0 Å². The van der Waals surface area contributed by atoms with Gasteiger partial charge in [0.05, 0.1) is 0 Å². The maximum absolute atomic E-state index is 2.20. The number of aryl methyl sites for hydroxylation is 2. The van der Waals surface area contributed by atoms with Gasteiger partial charge in [-0.3, -0.25) is 0 Å². The van der Waals surface area contributed by atoms with E-state index in [1.165, 1.54) is 32.7 Å². The first kappa shape index (κ1) is 20.8. The van der Waals surface area contributed by atoms with Gasteiger partial charge >= 0.3 is 0 Å². The Kier molecular flexibility index (Phi) is 9.16. The third-order valence-corrected chi connectivity index (χ3v) is 3.59. The van der Waals surface area contributed by atoms with Gasteiger partial charge in [-0.15, -0.1) is 57.9 Å². The molecule has 0 amide bonds. The molecule has 0 saturated heterocycles. The van der Waals surface area contributed by atoms with Crippen LogP contribution in [0.4, 0.5) is 0 Å². The van der Waals surface area contributed by atoms with Gasteiger partial charge in [0.2, 0.25) is 0 Å². The van der Waals surface area contributed by atoms with E-state index in [9.17, 15) is 0 Å². The fourth-order valence-electron chi connectivity index (χ4n) is 2.49. The molecule has 0 heterocycles. The molecule has 4 aromatic rings. The molecule has 0 fully saturated rings. The van der Waals surface area contributed by atoms with E-state index in [2.05, 4.69) is 99.7 Å². The van der Waals surface area contributed by atoms with Crippen molar-refractivity contribution >= 4 is 31.1 Å². The van der Waals surface area contributed by atoms with Crippen LogP contribution in [0.25, 0.3) is 21.5 Å². The predicted molar refractivity (Wildman–Crippen MR) is 106 cm³/mol. The Bertz CT molecular complexity index is 782. The fraction of sp³-hybridized carbons (Fsp3) is 0.182. The van der Waals surface area contributed by atoms with Crippen LogP contribution in [-0.4, -0.2) is 9.52 Å². The van der Waals surface area contributed by atoms with E-state index in [1.54, 1.807) is 0 Å². The molecule has 0 aliphatic rings. The molecule has 2 heteroatoms. The van der Waals surface area contributed by atoms with Gasteiger partial charge in [0.25, 0.3) is 0 Å². The van der Waals surface area contributed by atoms with Crippen LogP contribution in [-0.2, 0) is 25.8 Å². The predicted octanol–water partition coefficient (Wildman–Crippen LogP) is 6.52. The molecule has 0 unspecified atom stereocenters. The third kappa shape index (κ3) is 5.99. The van der Waals surface area contributed by atoms with Crippen molar-refractivity contribution in [1.29, 1.82) is 0 Å². The number of rotatable bonds is 0. The first-order valence-corrected chi connectivity index (χ1v) is 9.96. The van der Waals surface area contributed by atoms with Gasteiger partial charge < -0.3 is 0 Å². The summed E-state index contributed by atoms with van der Waals surface area (Å²) in [6, 6.07) is 25.7. The van der Waals surface area contributed by atoms with Crippen LogP contribution in [0, 0.1) is 13.8 Å². The minimum absolute atomic E-state index is 0. The number of benzene rings is 2. The van der Waals surface area contributed by atoms with Crippen molar-refractivity contribution in [3.05, 3.63) is 83.9 Å². The first-order valence-electron chi connectivity index (χ1n) is 7.96. The number of hydrogen-bond donors (Lipinski definition) is 0. The monoisotopic (exact) mass is 496 g/mol. The van der Waals surface area contributed by atoms with Crippen molar-refractivity contribution in [3.63, 3.8) is 0 Å². The van der Waals surface area contributed by atoms with Crippen molar-refractivity contribution in [1.82, 2.24) is 0 Å². The summed E-state index contributed by atoms with van der Waals surface area (Å²) in [7, 11) is 1.08. The Hall–Kier alpha value is -1.25. The Morgan fingerprint density at radius 3 is 1.42 bits per heavy atom. The summed E-state index contributed by atoms with van der Waals surface area (Å²) in [5.74, 6) is 0. The summed E-state index contributed by atoms with van der Waals surface area (Å²) in [6.07, 6.45) is 0. The quantitative estimate of drug-likeness (QED) is 0.193. The summed E-state index contributed by atoms with van der Waals surface area (Å²) in [5, 5.41) is 5.37. The maximum Gasteiger partial charge on any atom is 0.0307 e. The Labute approximate surface area is 167 Å². The van der Waals surface area contributed by atoms with E-state index in [0.29, 0.717) is 0 Å². The van der Waals surface area contributed by atoms with Crippen molar-refractivity contribution in [2.45, 2.75) is 26.9 Å². The van der Waals surface area contributed by atoms with Gasteiger partial charge in [-0.25, -0.2) is 0 Å². The second kappa shape index (κ2) is 10.6. The van der Waals surface area contributed by atoms with Crippen molar-refractivity contribution in [3.8, 4) is 0 Å². The summed E-state index contributed by atoms with van der Waals surface area (Å²) in [5.41, 5.74) is 2.66. The van der Waals surface area contributed by atoms with Gasteiger partial charge in [0, 0.05) is 35.4 Å². The first-order chi connectivity index (χ1) is 11.1. The van der Waals surface area contributed by atoms with E-state index in [1.807, 2.05) is 0 Å². The van der Waals surface area contributed by atoms with Crippen LogP contribution in [0.1, 0.15) is 11.1 Å². The average Bonchev–Trinajstić information content (AvgIpc) is 3.16. The second-order valence-corrected chi connectivity index (χ2v) is 6.82. The Balaban J connectivity index is 0.000000200. The molecule has 2 radical (unpaired) electrons. The fourth-order valence-corrected chi connectivity index (χ4v) is 2.49. The van der Waals surface area contributed by atoms with Crippen LogP contribution in [0.15, 0.2) is 72.8 Å². The standard InChI is InChI=1S/2C10H9.C2H6Si.Hf/c2*1-8-5-6-9-3-2-4-10(9)7-8;1-3-2;/h2*2-7H,1H3;1-2H3;/q2*-1;;. The molecule has 0 aliphatic carbocycles. The zero-order valence-corrected chi connectivity index (χ0v) is 19.5. The van der Waals surface area contributed by atoms with Crippen LogP contribution in [0.3, 0.4) is 0 Å². The zero-order valence-electron chi connectivity index (χ0n) is 14.9. The number of hydrogen-bond acceptors (Lipinski definition) is 0. The molecular formula is C22H24HfSi-2. The Morgan fingerprint density at radius 1 is 0.667 bits per heavy atom. The minimum atomic E-state index is 0. The summed E-state index contributed by atoms with van der Waals surface area (Å²) >= 11 is 0. The molecule has 4 rings (SSSR count). The van der Waals surface area contributed by atoms with E-state index in [-0.39, 0.29) is 25.8 Å². The van der Waals surface area contributed by atoms with E-state index in [4.69, 9.17) is 0 Å². The summed E-state index contributed by atoms with van der Waals surface area (Å²) in [4.78, 5) is 0. The van der Waals surface area contributed by atoms with Crippen LogP contribution in [0.2, 0.25) is 13.1 Å². The molecule has 0 N–H and O–H groups in total. The molecule has 24 heavy (non-hydrogen) atoms. The van der Waals surface area contributed by atoms with Crippen molar-refractivity contribution in [2.75, 3.05) is 0 Å². The van der Waals surface area contributed by atoms with Gasteiger partial charge in [-0.05, 0) is 13.8 Å². The Morgan fingerprint density at radius 2 is 1.04 bits per heavy atom. The van der Waals surface area contributed by atoms with E-state index >= 15 is 0 Å². The van der Waals surface area contributed by atoms with Gasteiger partial charge in [0.15, 0.2) is 0 Å².